The van der Waals surface area contributed by atoms with Gasteiger partial charge in [-0.05, 0) is 11.6 Å². The van der Waals surface area contributed by atoms with E-state index in [2.05, 4.69) is 6.58 Å². The molecule has 0 aromatic heterocycles. The van der Waals surface area contributed by atoms with E-state index in [-0.39, 0.29) is 34.5 Å². The summed E-state index contributed by atoms with van der Waals surface area (Å²) in [6.45, 7) is 3.43. The van der Waals surface area contributed by atoms with Crippen LogP contribution in [0.15, 0.2) is 35.7 Å². The third-order valence-corrected chi connectivity index (χ3v) is 2.34. The molecule has 5 heteroatoms. The van der Waals surface area contributed by atoms with E-state index in [0.29, 0.717) is 5.56 Å². The summed E-state index contributed by atoms with van der Waals surface area (Å²) in [5, 5.41) is 0. The summed E-state index contributed by atoms with van der Waals surface area (Å²) in [5.74, 6) is 0. The van der Waals surface area contributed by atoms with E-state index in [4.69, 9.17) is 4.55 Å². The minimum Gasteiger partial charge on any atom is -0.282 e. The molecule has 0 aliphatic heterocycles. The smallest absolute Gasteiger partial charge is 0.282 e. The van der Waals surface area contributed by atoms with Gasteiger partial charge >= 0.3 is 29.6 Å². The molecular weight excluding hydrogens is 199 g/mol. The maximum Gasteiger partial charge on any atom is 1.00 e. The SMILES string of the molecule is C=Cc1ccccc1S(=O)(=O)O.[Na+]. The van der Waals surface area contributed by atoms with Crippen LogP contribution in [0.2, 0.25) is 0 Å². The first-order valence-corrected chi connectivity index (χ1v) is 4.68. The second-order valence-corrected chi connectivity index (χ2v) is 3.61. The standard InChI is InChI=1S/C8H8O3S.Na/c1-2-7-5-3-4-6-8(7)12(9,10)11;/h2-6H,1H2,(H,9,10,11);/q;+1. The van der Waals surface area contributed by atoms with Gasteiger partial charge in [-0.3, -0.25) is 4.55 Å². The fraction of sp³-hybridized carbons (Fsp3) is 0. The van der Waals surface area contributed by atoms with E-state index in [1.54, 1.807) is 12.1 Å². The molecule has 0 saturated heterocycles. The van der Waals surface area contributed by atoms with Gasteiger partial charge in [-0.15, -0.1) is 0 Å². The minimum atomic E-state index is -4.12. The first-order valence-electron chi connectivity index (χ1n) is 3.24. The maximum absolute atomic E-state index is 10.7. The third-order valence-electron chi connectivity index (χ3n) is 1.42. The number of benzene rings is 1. The van der Waals surface area contributed by atoms with Gasteiger partial charge in [0.2, 0.25) is 0 Å². The number of rotatable bonds is 2. The van der Waals surface area contributed by atoms with E-state index in [9.17, 15) is 8.42 Å². The molecule has 0 unspecified atom stereocenters. The van der Waals surface area contributed by atoms with Crippen molar-refractivity contribution >= 4 is 16.2 Å². The van der Waals surface area contributed by atoms with Crippen LogP contribution in [-0.2, 0) is 10.1 Å². The van der Waals surface area contributed by atoms with E-state index < -0.39 is 10.1 Å². The molecule has 0 fully saturated rings. The molecule has 0 amide bonds. The van der Waals surface area contributed by atoms with Gasteiger partial charge < -0.3 is 0 Å². The molecule has 0 aliphatic carbocycles. The van der Waals surface area contributed by atoms with Gasteiger partial charge in [-0.1, -0.05) is 30.9 Å². The van der Waals surface area contributed by atoms with Crippen LogP contribution in [0.1, 0.15) is 5.56 Å². The van der Waals surface area contributed by atoms with Crippen LogP contribution in [0.4, 0.5) is 0 Å². The van der Waals surface area contributed by atoms with Crippen molar-refractivity contribution in [2.24, 2.45) is 0 Å². The van der Waals surface area contributed by atoms with Crippen LogP contribution in [0.25, 0.3) is 6.08 Å². The summed E-state index contributed by atoms with van der Waals surface area (Å²) in [5.41, 5.74) is 0.403. The van der Waals surface area contributed by atoms with Crippen molar-refractivity contribution < 1.29 is 42.5 Å². The van der Waals surface area contributed by atoms with Crippen molar-refractivity contribution in [2.45, 2.75) is 4.90 Å². The summed E-state index contributed by atoms with van der Waals surface area (Å²) in [6, 6.07) is 6.10. The van der Waals surface area contributed by atoms with Gasteiger partial charge in [0.1, 0.15) is 4.90 Å². The molecule has 0 radical (unpaired) electrons. The Hall–Kier alpha value is -0.130. The largest absolute Gasteiger partial charge is 1.00 e. The second kappa shape index (κ2) is 4.93. The van der Waals surface area contributed by atoms with Gasteiger partial charge in [0, 0.05) is 0 Å². The van der Waals surface area contributed by atoms with Gasteiger partial charge in [0.25, 0.3) is 10.1 Å². The predicted octanol–water partition coefficient (Wildman–Crippen LogP) is -1.42. The van der Waals surface area contributed by atoms with Crippen molar-refractivity contribution in [2.75, 3.05) is 0 Å². The Bertz CT molecular complexity index is 398. The maximum atomic E-state index is 10.7. The molecule has 0 atom stereocenters. The zero-order valence-electron chi connectivity index (χ0n) is 7.27. The van der Waals surface area contributed by atoms with Crippen LogP contribution < -0.4 is 29.6 Å². The zero-order chi connectivity index (χ0) is 9.19. The molecule has 13 heavy (non-hydrogen) atoms. The zero-order valence-corrected chi connectivity index (χ0v) is 10.1. The monoisotopic (exact) mass is 207 g/mol. The Labute approximate surface area is 99.5 Å². The van der Waals surface area contributed by atoms with Crippen molar-refractivity contribution in [3.8, 4) is 0 Å². The van der Waals surface area contributed by atoms with Gasteiger partial charge in [0.05, 0.1) is 0 Å². The molecule has 64 valence electrons. The Balaban J connectivity index is 0.00000144. The summed E-state index contributed by atoms with van der Waals surface area (Å²) < 4.78 is 30.2. The molecule has 0 spiro atoms. The molecule has 0 heterocycles. The molecular formula is C8H8NaO3S+. The summed E-state index contributed by atoms with van der Waals surface area (Å²) in [7, 11) is -4.12. The summed E-state index contributed by atoms with van der Waals surface area (Å²) in [4.78, 5) is -0.111. The Morgan fingerprint density at radius 3 is 2.23 bits per heavy atom. The average molecular weight is 207 g/mol. The number of hydrogen-bond donors (Lipinski definition) is 1. The van der Waals surface area contributed by atoms with Crippen LogP contribution in [0.3, 0.4) is 0 Å². The Kier molecular flexibility index (Phi) is 4.88. The fourth-order valence-electron chi connectivity index (χ4n) is 0.884. The first-order chi connectivity index (χ1) is 5.55. The van der Waals surface area contributed by atoms with Gasteiger partial charge in [-0.25, -0.2) is 0 Å². The van der Waals surface area contributed by atoms with Crippen LogP contribution >= 0.6 is 0 Å². The summed E-state index contributed by atoms with van der Waals surface area (Å²) >= 11 is 0. The number of hydrogen-bond acceptors (Lipinski definition) is 2. The molecule has 0 bridgehead atoms. The molecule has 1 N–H and O–H groups in total. The van der Waals surface area contributed by atoms with E-state index in [1.165, 1.54) is 18.2 Å². The Morgan fingerprint density at radius 2 is 1.85 bits per heavy atom. The van der Waals surface area contributed by atoms with Crippen molar-refractivity contribution in [1.29, 1.82) is 0 Å². The molecule has 1 rings (SSSR count). The molecule has 0 aliphatic rings. The topological polar surface area (TPSA) is 54.4 Å². The van der Waals surface area contributed by atoms with E-state index >= 15 is 0 Å². The first kappa shape index (κ1) is 12.9. The van der Waals surface area contributed by atoms with Gasteiger partial charge in [0.15, 0.2) is 0 Å². The van der Waals surface area contributed by atoms with Crippen LogP contribution in [0, 0.1) is 0 Å². The van der Waals surface area contributed by atoms with Gasteiger partial charge in [-0.2, -0.15) is 8.42 Å². The molecule has 3 nitrogen and oxygen atoms in total. The normalized spacial score (nSPS) is 10.2. The van der Waals surface area contributed by atoms with Crippen LogP contribution in [0.5, 0.6) is 0 Å². The fourth-order valence-corrected chi connectivity index (χ4v) is 1.58. The second-order valence-electron chi connectivity index (χ2n) is 2.22. The molecule has 1 aromatic carbocycles. The molecule has 1 aromatic rings. The van der Waals surface area contributed by atoms with Crippen molar-refractivity contribution in [1.82, 2.24) is 0 Å². The average Bonchev–Trinajstić information content (AvgIpc) is 2.03. The van der Waals surface area contributed by atoms with Crippen molar-refractivity contribution in [3.05, 3.63) is 36.4 Å². The Morgan fingerprint density at radius 1 is 1.31 bits per heavy atom. The predicted molar refractivity (Wildman–Crippen MR) is 46.3 cm³/mol. The van der Waals surface area contributed by atoms with Crippen molar-refractivity contribution in [3.63, 3.8) is 0 Å². The van der Waals surface area contributed by atoms with E-state index in [0.717, 1.165) is 0 Å². The molecule has 0 saturated carbocycles. The van der Waals surface area contributed by atoms with E-state index in [1.807, 2.05) is 0 Å². The summed E-state index contributed by atoms with van der Waals surface area (Å²) in [6.07, 6.45) is 1.38. The van der Waals surface area contributed by atoms with Crippen LogP contribution in [-0.4, -0.2) is 13.0 Å². The quantitative estimate of drug-likeness (QED) is 0.478. The third kappa shape index (κ3) is 3.25. The minimum absolute atomic E-state index is 0.